The second-order valence-electron chi connectivity index (χ2n) is 3.59. The third kappa shape index (κ3) is 1.96. The minimum atomic E-state index is 0.753. The van der Waals surface area contributed by atoms with Crippen molar-refractivity contribution in [1.29, 1.82) is 0 Å². The summed E-state index contributed by atoms with van der Waals surface area (Å²) >= 11 is 0. The van der Waals surface area contributed by atoms with Gasteiger partial charge >= 0.3 is 0 Å². The summed E-state index contributed by atoms with van der Waals surface area (Å²) in [5.74, 6) is 0. The van der Waals surface area contributed by atoms with Crippen molar-refractivity contribution in [3.05, 3.63) is 41.7 Å². The van der Waals surface area contributed by atoms with Gasteiger partial charge in [0, 0.05) is 17.6 Å². The van der Waals surface area contributed by atoms with Gasteiger partial charge in [-0.1, -0.05) is 6.07 Å². The van der Waals surface area contributed by atoms with Crippen molar-refractivity contribution in [3.63, 3.8) is 0 Å². The molecule has 0 saturated heterocycles. The second-order valence-corrected chi connectivity index (χ2v) is 3.59. The van der Waals surface area contributed by atoms with Gasteiger partial charge in [-0.25, -0.2) is 0 Å². The lowest BCUT2D eigenvalue weighted by atomic mass is 10.2. The van der Waals surface area contributed by atoms with E-state index in [-0.39, 0.29) is 0 Å². The second kappa shape index (κ2) is 3.69. The van der Waals surface area contributed by atoms with E-state index in [4.69, 9.17) is 5.73 Å². The van der Waals surface area contributed by atoms with Gasteiger partial charge in [0.2, 0.25) is 0 Å². The highest BCUT2D eigenvalue weighted by molar-refractivity contribution is 5.61. The van der Waals surface area contributed by atoms with Crippen LogP contribution >= 0.6 is 0 Å². The van der Waals surface area contributed by atoms with Gasteiger partial charge in [0.1, 0.15) is 0 Å². The number of nitrogens with two attached hydrogens (primary N) is 1. The van der Waals surface area contributed by atoms with Gasteiger partial charge in [-0.2, -0.15) is 0 Å². The maximum absolute atomic E-state index is 5.83. The number of rotatable bonds is 1. The van der Waals surface area contributed by atoms with Crippen LogP contribution in [0.1, 0.15) is 11.3 Å². The molecule has 2 heterocycles. The molecule has 0 saturated carbocycles. The number of aryl methyl sites for hydroxylation is 2. The Labute approximate surface area is 89.0 Å². The smallest absolute Gasteiger partial charge is 0.0906 e. The van der Waals surface area contributed by atoms with E-state index in [9.17, 15) is 0 Å². The third-order valence-electron chi connectivity index (χ3n) is 2.30. The van der Waals surface area contributed by atoms with Crippen LogP contribution in [0.4, 0.5) is 5.69 Å². The van der Waals surface area contributed by atoms with Crippen molar-refractivity contribution in [2.75, 3.05) is 5.73 Å². The lowest BCUT2D eigenvalue weighted by Gasteiger charge is -2.04. The highest BCUT2D eigenvalue weighted by Crippen LogP contribution is 2.19. The number of pyridine rings is 2. The third-order valence-corrected chi connectivity index (χ3v) is 2.30. The molecule has 2 aromatic heterocycles. The van der Waals surface area contributed by atoms with Crippen molar-refractivity contribution >= 4 is 5.69 Å². The van der Waals surface area contributed by atoms with Gasteiger partial charge < -0.3 is 5.73 Å². The van der Waals surface area contributed by atoms with Crippen molar-refractivity contribution in [2.45, 2.75) is 13.8 Å². The summed E-state index contributed by atoms with van der Waals surface area (Å²) in [6.45, 7) is 3.90. The summed E-state index contributed by atoms with van der Waals surface area (Å²) in [7, 11) is 0. The number of hydrogen-bond donors (Lipinski definition) is 1. The fraction of sp³-hybridized carbons (Fsp3) is 0.167. The quantitative estimate of drug-likeness (QED) is 0.767. The average Bonchev–Trinajstić information content (AvgIpc) is 2.22. The highest BCUT2D eigenvalue weighted by atomic mass is 14.8. The molecule has 76 valence electrons. The Morgan fingerprint density at radius 2 is 1.93 bits per heavy atom. The van der Waals surface area contributed by atoms with Gasteiger partial charge in [-0.15, -0.1) is 0 Å². The molecule has 0 aliphatic rings. The summed E-state index contributed by atoms with van der Waals surface area (Å²) in [6, 6.07) is 7.72. The number of aromatic nitrogens is 2. The van der Waals surface area contributed by atoms with Crippen LogP contribution in [0.5, 0.6) is 0 Å². The molecule has 2 aromatic rings. The van der Waals surface area contributed by atoms with Crippen molar-refractivity contribution in [3.8, 4) is 11.4 Å². The Morgan fingerprint density at radius 3 is 2.60 bits per heavy atom. The van der Waals surface area contributed by atoms with Crippen LogP contribution in [0.15, 0.2) is 30.5 Å². The van der Waals surface area contributed by atoms with Crippen LogP contribution in [0.2, 0.25) is 0 Å². The zero-order valence-electron chi connectivity index (χ0n) is 8.86. The lowest BCUT2D eigenvalue weighted by Crippen LogP contribution is -1.94. The monoisotopic (exact) mass is 199 g/mol. The standard InChI is InChI=1S/C12H13N3/c1-8-7-14-12(6-10(8)13)11-5-3-4-9(2)15-11/h3-7H,1-2H3,(H2,13,14). The van der Waals surface area contributed by atoms with Crippen molar-refractivity contribution < 1.29 is 0 Å². The van der Waals surface area contributed by atoms with E-state index in [0.29, 0.717) is 0 Å². The number of anilines is 1. The zero-order valence-corrected chi connectivity index (χ0v) is 8.86. The van der Waals surface area contributed by atoms with E-state index < -0.39 is 0 Å². The van der Waals surface area contributed by atoms with E-state index in [1.165, 1.54) is 0 Å². The predicted molar refractivity (Wildman–Crippen MR) is 61.4 cm³/mol. The van der Waals surface area contributed by atoms with Gasteiger partial charge in [0.05, 0.1) is 11.4 Å². The molecular weight excluding hydrogens is 186 g/mol. The molecular formula is C12H13N3. The van der Waals surface area contributed by atoms with Crippen molar-refractivity contribution in [1.82, 2.24) is 9.97 Å². The molecule has 2 N–H and O–H groups in total. The molecule has 0 aliphatic heterocycles. The maximum Gasteiger partial charge on any atom is 0.0906 e. The Kier molecular flexibility index (Phi) is 2.37. The van der Waals surface area contributed by atoms with E-state index in [0.717, 1.165) is 28.3 Å². The molecule has 2 rings (SSSR count). The zero-order chi connectivity index (χ0) is 10.8. The Hall–Kier alpha value is -1.90. The van der Waals surface area contributed by atoms with Gasteiger partial charge in [0.15, 0.2) is 0 Å². The van der Waals surface area contributed by atoms with Crippen LogP contribution in [0.25, 0.3) is 11.4 Å². The van der Waals surface area contributed by atoms with Gasteiger partial charge in [-0.3, -0.25) is 9.97 Å². The van der Waals surface area contributed by atoms with Crippen LogP contribution in [0, 0.1) is 13.8 Å². The van der Waals surface area contributed by atoms with Crippen LogP contribution in [-0.2, 0) is 0 Å². The molecule has 0 amide bonds. The van der Waals surface area contributed by atoms with Crippen molar-refractivity contribution in [2.24, 2.45) is 0 Å². The SMILES string of the molecule is Cc1cccc(-c2cc(N)c(C)cn2)n1. The normalized spacial score (nSPS) is 10.3. The lowest BCUT2D eigenvalue weighted by molar-refractivity contribution is 1.17. The number of nitrogens with zero attached hydrogens (tertiary/aromatic N) is 2. The van der Waals surface area contributed by atoms with Gasteiger partial charge in [-0.05, 0) is 37.6 Å². The van der Waals surface area contributed by atoms with E-state index in [2.05, 4.69) is 9.97 Å². The van der Waals surface area contributed by atoms with E-state index in [1.807, 2.05) is 38.1 Å². The average molecular weight is 199 g/mol. The molecule has 0 fully saturated rings. The molecule has 0 aromatic carbocycles. The molecule has 0 aliphatic carbocycles. The first-order valence-corrected chi connectivity index (χ1v) is 4.83. The summed E-state index contributed by atoms with van der Waals surface area (Å²) < 4.78 is 0. The van der Waals surface area contributed by atoms with E-state index in [1.54, 1.807) is 6.20 Å². The fourth-order valence-electron chi connectivity index (χ4n) is 1.37. The highest BCUT2D eigenvalue weighted by Gasteiger charge is 2.02. The van der Waals surface area contributed by atoms with Crippen LogP contribution in [-0.4, -0.2) is 9.97 Å². The first kappa shape index (κ1) is 9.65. The largest absolute Gasteiger partial charge is 0.398 e. The molecule has 0 atom stereocenters. The minimum absolute atomic E-state index is 0.753. The topological polar surface area (TPSA) is 51.8 Å². The molecule has 0 unspecified atom stereocenters. The summed E-state index contributed by atoms with van der Waals surface area (Å²) in [4.78, 5) is 8.70. The van der Waals surface area contributed by atoms with Crippen LogP contribution < -0.4 is 5.73 Å². The molecule has 15 heavy (non-hydrogen) atoms. The maximum atomic E-state index is 5.83. The first-order valence-electron chi connectivity index (χ1n) is 4.83. The Bertz CT molecular complexity index is 492. The first-order chi connectivity index (χ1) is 7.16. The number of nitrogen functional groups attached to an aromatic ring is 1. The fourth-order valence-corrected chi connectivity index (χ4v) is 1.37. The summed E-state index contributed by atoms with van der Waals surface area (Å²) in [6.07, 6.45) is 1.77. The molecule has 3 nitrogen and oxygen atoms in total. The predicted octanol–water partition coefficient (Wildman–Crippen LogP) is 2.34. The molecule has 3 heteroatoms. The summed E-state index contributed by atoms with van der Waals surface area (Å²) in [5, 5.41) is 0. The summed E-state index contributed by atoms with van der Waals surface area (Å²) in [5.41, 5.74) is 10.2. The Balaban J connectivity index is 2.50. The Morgan fingerprint density at radius 1 is 1.13 bits per heavy atom. The molecule has 0 radical (unpaired) electrons. The van der Waals surface area contributed by atoms with Crippen LogP contribution in [0.3, 0.4) is 0 Å². The number of hydrogen-bond acceptors (Lipinski definition) is 3. The van der Waals surface area contributed by atoms with E-state index >= 15 is 0 Å². The molecule has 0 bridgehead atoms. The molecule has 0 spiro atoms. The van der Waals surface area contributed by atoms with Gasteiger partial charge in [0.25, 0.3) is 0 Å². The minimum Gasteiger partial charge on any atom is -0.398 e.